The first-order valence-electron chi connectivity index (χ1n) is 4.94. The quantitative estimate of drug-likeness (QED) is 0.825. The molecule has 2 rings (SSSR count). The van der Waals surface area contributed by atoms with Gasteiger partial charge in [0.2, 0.25) is 0 Å². The number of benzene rings is 1. The summed E-state index contributed by atoms with van der Waals surface area (Å²) in [6.45, 7) is 0. The van der Waals surface area contributed by atoms with Crippen LogP contribution < -0.4 is 0 Å². The summed E-state index contributed by atoms with van der Waals surface area (Å²) in [6, 6.07) is 2.24. The Morgan fingerprint density at radius 1 is 1.41 bits per heavy atom. The third-order valence-corrected chi connectivity index (χ3v) is 3.64. The van der Waals surface area contributed by atoms with Crippen LogP contribution in [0.15, 0.2) is 16.6 Å². The lowest BCUT2D eigenvalue weighted by Gasteiger charge is -2.42. The summed E-state index contributed by atoms with van der Waals surface area (Å²) in [5, 5.41) is 18.7. The van der Waals surface area contributed by atoms with E-state index in [1.165, 1.54) is 6.07 Å². The molecule has 1 aliphatic carbocycles. The van der Waals surface area contributed by atoms with Crippen LogP contribution in [0.25, 0.3) is 0 Å². The molecule has 0 saturated heterocycles. The van der Waals surface area contributed by atoms with Crippen molar-refractivity contribution in [2.45, 2.75) is 18.4 Å². The zero-order valence-electron chi connectivity index (χ0n) is 8.58. The number of aliphatic hydroxyl groups is 1. The SMILES string of the molecule is O=C(O)C1CC(O)(c2c(F)ccc(Br)c2F)C1. The van der Waals surface area contributed by atoms with Crippen LogP contribution in [0.1, 0.15) is 18.4 Å². The van der Waals surface area contributed by atoms with E-state index in [9.17, 15) is 18.7 Å². The summed E-state index contributed by atoms with van der Waals surface area (Å²) in [4.78, 5) is 10.6. The molecule has 0 aliphatic heterocycles. The Labute approximate surface area is 104 Å². The Morgan fingerprint density at radius 3 is 2.53 bits per heavy atom. The standard InChI is InChI=1S/C11H9BrF2O3/c12-6-1-2-7(13)8(9(6)14)11(17)3-5(4-11)10(15)16/h1-2,5,17H,3-4H2,(H,15,16). The summed E-state index contributed by atoms with van der Waals surface area (Å²) in [6.07, 6.45) is -0.348. The fraction of sp³-hybridized carbons (Fsp3) is 0.364. The van der Waals surface area contributed by atoms with E-state index in [1.807, 2.05) is 0 Å². The molecule has 0 aromatic heterocycles. The first-order valence-corrected chi connectivity index (χ1v) is 5.73. The summed E-state index contributed by atoms with van der Waals surface area (Å²) >= 11 is 2.90. The van der Waals surface area contributed by atoms with Gasteiger partial charge in [-0.1, -0.05) is 0 Å². The van der Waals surface area contributed by atoms with E-state index in [1.54, 1.807) is 0 Å². The van der Waals surface area contributed by atoms with Gasteiger partial charge >= 0.3 is 5.97 Å². The minimum Gasteiger partial charge on any atom is -0.481 e. The lowest BCUT2D eigenvalue weighted by Crippen LogP contribution is -2.45. The largest absolute Gasteiger partial charge is 0.481 e. The number of carboxylic acids is 1. The van der Waals surface area contributed by atoms with Gasteiger partial charge in [0.15, 0.2) is 0 Å². The Morgan fingerprint density at radius 2 is 2.00 bits per heavy atom. The molecule has 0 unspecified atom stereocenters. The molecule has 1 saturated carbocycles. The van der Waals surface area contributed by atoms with Crippen LogP contribution >= 0.6 is 15.9 Å². The van der Waals surface area contributed by atoms with Gasteiger partial charge in [-0.25, -0.2) is 8.78 Å². The van der Waals surface area contributed by atoms with E-state index < -0.39 is 34.7 Å². The monoisotopic (exact) mass is 306 g/mol. The molecule has 0 atom stereocenters. The molecule has 17 heavy (non-hydrogen) atoms. The molecule has 0 heterocycles. The molecule has 2 N–H and O–H groups in total. The molecular weight excluding hydrogens is 298 g/mol. The molecule has 1 fully saturated rings. The second-order valence-electron chi connectivity index (χ2n) is 4.19. The van der Waals surface area contributed by atoms with Crippen LogP contribution in [-0.2, 0) is 10.4 Å². The number of halogens is 3. The smallest absolute Gasteiger partial charge is 0.306 e. The average Bonchev–Trinajstić information content (AvgIpc) is 2.20. The van der Waals surface area contributed by atoms with Gasteiger partial charge in [0.25, 0.3) is 0 Å². The second-order valence-corrected chi connectivity index (χ2v) is 5.05. The summed E-state index contributed by atoms with van der Waals surface area (Å²) in [7, 11) is 0. The van der Waals surface area contributed by atoms with Gasteiger partial charge in [-0.15, -0.1) is 0 Å². The van der Waals surface area contributed by atoms with Gasteiger partial charge < -0.3 is 10.2 Å². The van der Waals surface area contributed by atoms with Crippen LogP contribution in [0.5, 0.6) is 0 Å². The lowest BCUT2D eigenvalue weighted by molar-refractivity contribution is -0.160. The van der Waals surface area contributed by atoms with Crippen molar-refractivity contribution < 1.29 is 23.8 Å². The van der Waals surface area contributed by atoms with Crippen molar-refractivity contribution in [2.24, 2.45) is 5.92 Å². The molecule has 1 aromatic carbocycles. The third-order valence-electron chi connectivity index (χ3n) is 3.03. The Bertz CT molecular complexity index is 484. The zero-order chi connectivity index (χ0) is 12.8. The van der Waals surface area contributed by atoms with E-state index in [0.717, 1.165) is 6.07 Å². The summed E-state index contributed by atoms with van der Waals surface area (Å²) < 4.78 is 27.3. The van der Waals surface area contributed by atoms with Crippen LogP contribution in [-0.4, -0.2) is 16.2 Å². The zero-order valence-corrected chi connectivity index (χ0v) is 10.2. The molecule has 0 radical (unpaired) electrons. The van der Waals surface area contributed by atoms with Crippen LogP contribution in [0, 0.1) is 17.6 Å². The topological polar surface area (TPSA) is 57.5 Å². The Hall–Kier alpha value is -1.01. The fourth-order valence-electron chi connectivity index (χ4n) is 2.09. The number of hydrogen-bond acceptors (Lipinski definition) is 2. The maximum Gasteiger partial charge on any atom is 0.306 e. The fourth-order valence-corrected chi connectivity index (χ4v) is 2.42. The molecule has 0 spiro atoms. The highest BCUT2D eigenvalue weighted by molar-refractivity contribution is 9.10. The molecule has 0 bridgehead atoms. The predicted molar refractivity (Wildman–Crippen MR) is 58.3 cm³/mol. The summed E-state index contributed by atoms with van der Waals surface area (Å²) in [5.74, 6) is -3.56. The van der Waals surface area contributed by atoms with Crippen molar-refractivity contribution in [3.05, 3.63) is 33.8 Å². The molecule has 92 valence electrons. The number of aliphatic carboxylic acids is 1. The van der Waals surface area contributed by atoms with E-state index >= 15 is 0 Å². The van der Waals surface area contributed by atoms with Crippen LogP contribution in [0.2, 0.25) is 0 Å². The van der Waals surface area contributed by atoms with E-state index in [4.69, 9.17) is 5.11 Å². The van der Waals surface area contributed by atoms with E-state index in [-0.39, 0.29) is 17.3 Å². The van der Waals surface area contributed by atoms with Crippen molar-refractivity contribution >= 4 is 21.9 Å². The van der Waals surface area contributed by atoms with Gasteiger partial charge in [0, 0.05) is 0 Å². The third kappa shape index (κ3) is 1.95. The Balaban J connectivity index is 2.36. The lowest BCUT2D eigenvalue weighted by atomic mass is 9.67. The van der Waals surface area contributed by atoms with Crippen molar-refractivity contribution in [1.82, 2.24) is 0 Å². The van der Waals surface area contributed by atoms with Crippen LogP contribution in [0.3, 0.4) is 0 Å². The molecular formula is C11H9BrF2O3. The molecule has 0 amide bonds. The van der Waals surface area contributed by atoms with Crippen molar-refractivity contribution in [3.8, 4) is 0 Å². The molecule has 3 nitrogen and oxygen atoms in total. The molecule has 1 aliphatic rings. The van der Waals surface area contributed by atoms with E-state index in [2.05, 4.69) is 15.9 Å². The highest BCUT2D eigenvalue weighted by Gasteiger charge is 2.50. The van der Waals surface area contributed by atoms with Gasteiger partial charge in [0.1, 0.15) is 11.6 Å². The minimum absolute atomic E-state index is 0.0427. The summed E-state index contributed by atoms with van der Waals surface area (Å²) in [5.41, 5.74) is -2.18. The normalized spacial score (nSPS) is 27.6. The minimum atomic E-state index is -1.72. The number of carbonyl (C=O) groups is 1. The predicted octanol–water partition coefficient (Wildman–Crippen LogP) is 2.41. The maximum atomic E-state index is 13.7. The highest BCUT2D eigenvalue weighted by atomic mass is 79.9. The first kappa shape index (κ1) is 12.4. The van der Waals surface area contributed by atoms with Crippen LogP contribution in [0.4, 0.5) is 8.78 Å². The highest BCUT2D eigenvalue weighted by Crippen LogP contribution is 2.48. The molecule has 1 aromatic rings. The van der Waals surface area contributed by atoms with Crippen molar-refractivity contribution in [2.75, 3.05) is 0 Å². The second kappa shape index (κ2) is 4.03. The van der Waals surface area contributed by atoms with Gasteiger partial charge in [-0.05, 0) is 40.9 Å². The number of carboxylic acid groups (broad SMARTS) is 1. The van der Waals surface area contributed by atoms with Gasteiger partial charge in [0.05, 0.1) is 21.6 Å². The van der Waals surface area contributed by atoms with Crippen molar-refractivity contribution in [3.63, 3.8) is 0 Å². The maximum absolute atomic E-state index is 13.7. The number of rotatable bonds is 2. The van der Waals surface area contributed by atoms with E-state index in [0.29, 0.717) is 0 Å². The van der Waals surface area contributed by atoms with Crippen molar-refractivity contribution in [1.29, 1.82) is 0 Å². The average molecular weight is 307 g/mol. The first-order chi connectivity index (χ1) is 7.85. The van der Waals surface area contributed by atoms with Gasteiger partial charge in [-0.3, -0.25) is 4.79 Å². The molecule has 6 heteroatoms. The van der Waals surface area contributed by atoms with Gasteiger partial charge in [-0.2, -0.15) is 0 Å². The Kier molecular flexibility index (Phi) is 2.95. The number of hydrogen-bond donors (Lipinski definition) is 2.